The molecule has 0 amide bonds. The maximum absolute atomic E-state index is 13.5. The Kier molecular flexibility index (Phi) is 3.94. The smallest absolute Gasteiger partial charge is 0.227 e. The van der Waals surface area contributed by atoms with Crippen LogP contribution in [0.15, 0.2) is 6.20 Å². The normalized spacial score (nSPS) is 25.5. The average molecular weight is 329 g/mol. The molecule has 2 unspecified atom stereocenters. The van der Waals surface area contributed by atoms with E-state index < -0.39 is 15.8 Å². The fourth-order valence-corrected chi connectivity index (χ4v) is 3.88. The molecule has 7 nitrogen and oxygen atoms in total. The van der Waals surface area contributed by atoms with Crippen LogP contribution in [0.2, 0.25) is 0 Å². The van der Waals surface area contributed by atoms with E-state index in [0.29, 0.717) is 25.0 Å². The minimum atomic E-state index is -3.26. The van der Waals surface area contributed by atoms with Crippen molar-refractivity contribution in [3.05, 3.63) is 12.0 Å². The van der Waals surface area contributed by atoms with Crippen molar-refractivity contribution in [3.8, 4) is 0 Å². The van der Waals surface area contributed by atoms with E-state index in [9.17, 15) is 12.8 Å². The number of anilines is 2. The minimum absolute atomic E-state index is 0.144. The lowest BCUT2D eigenvalue weighted by Crippen LogP contribution is -2.40. The molecule has 0 bridgehead atoms. The molecule has 122 valence electrons. The maximum atomic E-state index is 13.5. The monoisotopic (exact) mass is 329 g/mol. The van der Waals surface area contributed by atoms with Crippen molar-refractivity contribution in [2.24, 2.45) is 11.8 Å². The minimum Gasteiger partial charge on any atom is -0.371 e. The lowest BCUT2D eigenvalue weighted by molar-refractivity contribution is 0.427. The number of nitrogens with zero attached hydrogens (tertiary/aromatic N) is 3. The van der Waals surface area contributed by atoms with Crippen molar-refractivity contribution < 1.29 is 12.8 Å². The summed E-state index contributed by atoms with van der Waals surface area (Å²) in [6, 6.07) is -0.144. The highest BCUT2D eigenvalue weighted by Crippen LogP contribution is 2.42. The van der Waals surface area contributed by atoms with Crippen LogP contribution in [-0.4, -0.2) is 50.8 Å². The molecule has 1 aliphatic carbocycles. The number of aromatic nitrogens is 2. The van der Waals surface area contributed by atoms with E-state index in [2.05, 4.69) is 20.0 Å². The Hall–Kier alpha value is -1.48. The highest BCUT2D eigenvalue weighted by Gasteiger charge is 2.44. The van der Waals surface area contributed by atoms with Crippen molar-refractivity contribution in [1.29, 1.82) is 0 Å². The maximum Gasteiger partial charge on any atom is 0.227 e. The van der Waals surface area contributed by atoms with Crippen LogP contribution in [-0.2, 0) is 10.0 Å². The van der Waals surface area contributed by atoms with Crippen molar-refractivity contribution in [2.45, 2.75) is 18.9 Å². The summed E-state index contributed by atoms with van der Waals surface area (Å²) in [5.74, 6) is 0.867. The number of nitrogens with one attached hydrogen (secondary N) is 2. The molecule has 0 radical (unpaired) electrons. The Morgan fingerprint density at radius 3 is 2.68 bits per heavy atom. The van der Waals surface area contributed by atoms with Gasteiger partial charge in [0.15, 0.2) is 11.6 Å². The van der Waals surface area contributed by atoms with Crippen LogP contribution < -0.4 is 14.9 Å². The predicted octanol–water partition coefficient (Wildman–Crippen LogP) is 0.421. The van der Waals surface area contributed by atoms with Gasteiger partial charge in [0, 0.05) is 26.2 Å². The molecule has 2 aliphatic rings. The molecule has 9 heteroatoms. The molecule has 1 aliphatic heterocycles. The Morgan fingerprint density at radius 2 is 2.09 bits per heavy atom. The molecule has 2 fully saturated rings. The zero-order valence-corrected chi connectivity index (χ0v) is 13.4. The fourth-order valence-electron chi connectivity index (χ4n) is 3.08. The second-order valence-corrected chi connectivity index (χ2v) is 7.80. The van der Waals surface area contributed by atoms with E-state index in [1.807, 2.05) is 4.90 Å². The van der Waals surface area contributed by atoms with Crippen molar-refractivity contribution in [2.75, 3.05) is 36.6 Å². The van der Waals surface area contributed by atoms with Gasteiger partial charge in [-0.05, 0) is 24.7 Å². The topological polar surface area (TPSA) is 87.2 Å². The molecule has 22 heavy (non-hydrogen) atoms. The van der Waals surface area contributed by atoms with Crippen molar-refractivity contribution in [3.63, 3.8) is 0 Å². The molecule has 1 aromatic rings. The Bertz CT molecular complexity index is 664. The fraction of sp³-hybridized carbons (Fsp3) is 0.692. The zero-order valence-electron chi connectivity index (χ0n) is 12.6. The van der Waals surface area contributed by atoms with Gasteiger partial charge in [-0.2, -0.15) is 4.98 Å². The molecule has 1 saturated heterocycles. The Balaban J connectivity index is 1.81. The summed E-state index contributed by atoms with van der Waals surface area (Å²) in [6.07, 6.45) is 4.57. The summed E-state index contributed by atoms with van der Waals surface area (Å²) in [7, 11) is -1.66. The molecule has 3 rings (SSSR count). The summed E-state index contributed by atoms with van der Waals surface area (Å²) in [4.78, 5) is 10.1. The van der Waals surface area contributed by atoms with Crippen LogP contribution in [0.4, 0.5) is 16.2 Å². The van der Waals surface area contributed by atoms with Gasteiger partial charge in [0.05, 0.1) is 12.5 Å². The van der Waals surface area contributed by atoms with Gasteiger partial charge >= 0.3 is 0 Å². The second kappa shape index (κ2) is 5.62. The molecule has 0 spiro atoms. The molecular weight excluding hydrogens is 309 g/mol. The third-order valence-corrected chi connectivity index (χ3v) is 4.94. The molecule has 1 saturated carbocycles. The SMILES string of the molecule is CNc1nc(N2CC(NS(C)(=O)=O)C(C3CC3)C2)ncc1F. The molecule has 1 aromatic heterocycles. The van der Waals surface area contributed by atoms with Crippen LogP contribution in [0.3, 0.4) is 0 Å². The van der Waals surface area contributed by atoms with Gasteiger partial charge in [0.25, 0.3) is 0 Å². The number of halogens is 1. The van der Waals surface area contributed by atoms with Crippen LogP contribution in [0, 0.1) is 17.7 Å². The van der Waals surface area contributed by atoms with Gasteiger partial charge in [0.2, 0.25) is 16.0 Å². The summed E-state index contributed by atoms with van der Waals surface area (Å²) >= 11 is 0. The van der Waals surface area contributed by atoms with Crippen molar-refractivity contribution >= 4 is 21.8 Å². The van der Waals surface area contributed by atoms with Gasteiger partial charge in [-0.15, -0.1) is 0 Å². The lowest BCUT2D eigenvalue weighted by atomic mass is 9.99. The van der Waals surface area contributed by atoms with E-state index >= 15 is 0 Å². The molecule has 2 N–H and O–H groups in total. The standard InChI is InChI=1S/C13H20FN5O2S/c1-15-12-10(14)5-16-13(17-12)19-6-9(8-3-4-8)11(7-19)18-22(2,20)21/h5,8-9,11,18H,3-4,6-7H2,1-2H3,(H,15,16,17). The van der Waals surface area contributed by atoms with Crippen LogP contribution in [0.25, 0.3) is 0 Å². The van der Waals surface area contributed by atoms with E-state index in [1.165, 1.54) is 6.26 Å². The summed E-state index contributed by atoms with van der Waals surface area (Å²) in [6.45, 7) is 1.19. The van der Waals surface area contributed by atoms with E-state index in [1.54, 1.807) is 7.05 Å². The highest BCUT2D eigenvalue weighted by atomic mass is 32.2. The first-order valence-electron chi connectivity index (χ1n) is 7.30. The molecule has 0 aromatic carbocycles. The first-order valence-corrected chi connectivity index (χ1v) is 9.19. The molecule has 2 atom stereocenters. The van der Waals surface area contributed by atoms with Gasteiger partial charge < -0.3 is 10.2 Å². The first kappa shape index (κ1) is 15.4. The zero-order chi connectivity index (χ0) is 15.9. The molecule has 2 heterocycles. The predicted molar refractivity (Wildman–Crippen MR) is 81.7 cm³/mol. The number of hydrogen-bond acceptors (Lipinski definition) is 6. The third-order valence-electron chi connectivity index (χ3n) is 4.21. The number of hydrogen-bond donors (Lipinski definition) is 2. The molecular formula is C13H20FN5O2S. The van der Waals surface area contributed by atoms with Crippen LogP contribution in [0.5, 0.6) is 0 Å². The lowest BCUT2D eigenvalue weighted by Gasteiger charge is -2.17. The quantitative estimate of drug-likeness (QED) is 0.814. The summed E-state index contributed by atoms with van der Waals surface area (Å²) in [5.41, 5.74) is 0. The summed E-state index contributed by atoms with van der Waals surface area (Å²) < 4.78 is 39.3. The third kappa shape index (κ3) is 3.30. The highest BCUT2D eigenvalue weighted by molar-refractivity contribution is 7.88. The van der Waals surface area contributed by atoms with Crippen molar-refractivity contribution in [1.82, 2.24) is 14.7 Å². The number of sulfonamides is 1. The van der Waals surface area contributed by atoms with Gasteiger partial charge in [-0.1, -0.05) is 0 Å². The van der Waals surface area contributed by atoms with Crippen LogP contribution >= 0.6 is 0 Å². The van der Waals surface area contributed by atoms with Gasteiger partial charge in [-0.3, -0.25) is 0 Å². The Labute approximate surface area is 129 Å². The van der Waals surface area contributed by atoms with Gasteiger partial charge in [-0.25, -0.2) is 22.5 Å². The Morgan fingerprint density at radius 1 is 1.36 bits per heavy atom. The van der Waals surface area contributed by atoms with Gasteiger partial charge in [0.1, 0.15) is 0 Å². The average Bonchev–Trinajstić information content (AvgIpc) is 3.20. The van der Waals surface area contributed by atoms with E-state index in [-0.39, 0.29) is 17.8 Å². The summed E-state index contributed by atoms with van der Waals surface area (Å²) in [5, 5.41) is 2.69. The van der Waals surface area contributed by atoms with E-state index in [4.69, 9.17) is 0 Å². The second-order valence-electron chi connectivity index (χ2n) is 6.02. The first-order chi connectivity index (χ1) is 10.4. The largest absolute Gasteiger partial charge is 0.371 e. The number of rotatable bonds is 5. The van der Waals surface area contributed by atoms with Crippen LogP contribution in [0.1, 0.15) is 12.8 Å². The van der Waals surface area contributed by atoms with E-state index in [0.717, 1.165) is 19.0 Å².